The van der Waals surface area contributed by atoms with Crippen LogP contribution >= 0.6 is 0 Å². The molecule has 0 bridgehead atoms. The van der Waals surface area contributed by atoms with E-state index in [0.29, 0.717) is 17.1 Å². The molecule has 2 rings (SSSR count). The van der Waals surface area contributed by atoms with Crippen LogP contribution < -0.4 is 9.47 Å². The second-order valence-corrected chi connectivity index (χ2v) is 4.14. The van der Waals surface area contributed by atoms with Crippen molar-refractivity contribution >= 4 is 0 Å². The average molecular weight is 282 g/mol. The van der Waals surface area contributed by atoms with Crippen molar-refractivity contribution < 1.29 is 22.6 Å². The zero-order valence-electron chi connectivity index (χ0n) is 11.0. The van der Waals surface area contributed by atoms with Crippen LogP contribution in [-0.4, -0.2) is 14.2 Å². The Balaban J connectivity index is 2.62. The first kappa shape index (κ1) is 14.2. The highest BCUT2D eigenvalue weighted by molar-refractivity contribution is 5.71. The molecule has 0 radical (unpaired) electrons. The minimum Gasteiger partial charge on any atom is -0.497 e. The number of methoxy groups -OCH3 is 2. The fourth-order valence-electron chi connectivity index (χ4n) is 1.94. The second kappa shape index (κ2) is 5.45. The maximum atomic E-state index is 13.0. The Kier molecular flexibility index (Phi) is 3.88. The third kappa shape index (κ3) is 2.87. The van der Waals surface area contributed by atoms with Gasteiger partial charge in [-0.1, -0.05) is 18.2 Å². The van der Waals surface area contributed by atoms with Crippen molar-refractivity contribution in [1.82, 2.24) is 0 Å². The van der Waals surface area contributed by atoms with Gasteiger partial charge in [-0.2, -0.15) is 13.2 Å². The molecule has 2 aromatic rings. The molecule has 0 aliphatic rings. The standard InChI is InChI=1S/C15H13F3O2/c1-19-11-7-10(8-12(9-11)20-2)13-5-3-4-6-14(13)15(16,17)18/h3-9H,1-2H3. The molecule has 2 aromatic carbocycles. The Hall–Kier alpha value is -2.17. The highest BCUT2D eigenvalue weighted by atomic mass is 19.4. The van der Waals surface area contributed by atoms with Crippen LogP contribution in [-0.2, 0) is 6.18 Å². The van der Waals surface area contributed by atoms with E-state index in [2.05, 4.69) is 0 Å². The molecule has 0 amide bonds. The van der Waals surface area contributed by atoms with E-state index in [9.17, 15) is 13.2 Å². The SMILES string of the molecule is COc1cc(OC)cc(-c2ccccc2C(F)(F)F)c1. The van der Waals surface area contributed by atoms with Gasteiger partial charge < -0.3 is 9.47 Å². The monoisotopic (exact) mass is 282 g/mol. The van der Waals surface area contributed by atoms with Gasteiger partial charge >= 0.3 is 6.18 Å². The smallest absolute Gasteiger partial charge is 0.417 e. The quantitative estimate of drug-likeness (QED) is 0.831. The van der Waals surface area contributed by atoms with Gasteiger partial charge in [-0.3, -0.25) is 0 Å². The fraction of sp³-hybridized carbons (Fsp3) is 0.200. The van der Waals surface area contributed by atoms with Crippen LogP contribution in [0.3, 0.4) is 0 Å². The lowest BCUT2D eigenvalue weighted by Crippen LogP contribution is -2.06. The van der Waals surface area contributed by atoms with Crippen molar-refractivity contribution in [2.75, 3.05) is 14.2 Å². The molecule has 0 unspecified atom stereocenters. The number of ether oxygens (including phenoxy) is 2. The average Bonchev–Trinajstić information content (AvgIpc) is 2.45. The molecule has 0 fully saturated rings. The van der Waals surface area contributed by atoms with Crippen molar-refractivity contribution in [1.29, 1.82) is 0 Å². The zero-order chi connectivity index (χ0) is 14.8. The predicted octanol–water partition coefficient (Wildman–Crippen LogP) is 4.39. The molecule has 0 atom stereocenters. The molecule has 0 heterocycles. The minimum atomic E-state index is -4.41. The molecule has 5 heteroatoms. The molecule has 106 valence electrons. The van der Waals surface area contributed by atoms with E-state index in [1.54, 1.807) is 24.3 Å². The summed E-state index contributed by atoms with van der Waals surface area (Å²) < 4.78 is 49.3. The van der Waals surface area contributed by atoms with E-state index < -0.39 is 11.7 Å². The van der Waals surface area contributed by atoms with Crippen LogP contribution in [0, 0.1) is 0 Å². The normalized spacial score (nSPS) is 11.2. The lowest BCUT2D eigenvalue weighted by atomic mass is 9.99. The van der Waals surface area contributed by atoms with Gasteiger partial charge in [0, 0.05) is 6.07 Å². The van der Waals surface area contributed by atoms with Gasteiger partial charge in [0.15, 0.2) is 0 Å². The summed E-state index contributed by atoms with van der Waals surface area (Å²) >= 11 is 0. The summed E-state index contributed by atoms with van der Waals surface area (Å²) in [6.45, 7) is 0. The number of rotatable bonds is 3. The predicted molar refractivity (Wildman–Crippen MR) is 70.0 cm³/mol. The first-order valence-corrected chi connectivity index (χ1v) is 5.85. The van der Waals surface area contributed by atoms with Crippen LogP contribution in [0.5, 0.6) is 11.5 Å². The fourth-order valence-corrected chi connectivity index (χ4v) is 1.94. The second-order valence-electron chi connectivity index (χ2n) is 4.14. The largest absolute Gasteiger partial charge is 0.497 e. The topological polar surface area (TPSA) is 18.5 Å². The maximum Gasteiger partial charge on any atom is 0.417 e. The van der Waals surface area contributed by atoms with Gasteiger partial charge in [-0.05, 0) is 29.3 Å². The van der Waals surface area contributed by atoms with Crippen LogP contribution in [0.2, 0.25) is 0 Å². The van der Waals surface area contributed by atoms with E-state index in [-0.39, 0.29) is 5.56 Å². The summed E-state index contributed by atoms with van der Waals surface area (Å²) in [6, 6.07) is 10.1. The van der Waals surface area contributed by atoms with E-state index >= 15 is 0 Å². The molecule has 0 saturated heterocycles. The molecule has 0 saturated carbocycles. The lowest BCUT2D eigenvalue weighted by molar-refractivity contribution is -0.137. The minimum absolute atomic E-state index is 0.0946. The first-order chi connectivity index (χ1) is 9.45. The lowest BCUT2D eigenvalue weighted by Gasteiger charge is -2.14. The van der Waals surface area contributed by atoms with E-state index in [0.717, 1.165) is 6.07 Å². The maximum absolute atomic E-state index is 13.0. The van der Waals surface area contributed by atoms with Gasteiger partial charge in [0.2, 0.25) is 0 Å². The van der Waals surface area contributed by atoms with Gasteiger partial charge in [0.05, 0.1) is 19.8 Å². The summed E-state index contributed by atoms with van der Waals surface area (Å²) in [7, 11) is 2.91. The summed E-state index contributed by atoms with van der Waals surface area (Å²) in [4.78, 5) is 0. The zero-order valence-corrected chi connectivity index (χ0v) is 11.0. The van der Waals surface area contributed by atoms with Crippen LogP contribution in [0.1, 0.15) is 5.56 Å². The van der Waals surface area contributed by atoms with Crippen LogP contribution in [0.4, 0.5) is 13.2 Å². The highest BCUT2D eigenvalue weighted by Crippen LogP contribution is 2.39. The summed E-state index contributed by atoms with van der Waals surface area (Å²) in [6.07, 6.45) is -4.41. The number of hydrogen-bond acceptors (Lipinski definition) is 2. The molecule has 0 N–H and O–H groups in total. The molecule has 0 aliphatic heterocycles. The molecule has 0 spiro atoms. The van der Waals surface area contributed by atoms with Gasteiger partial charge in [0.1, 0.15) is 11.5 Å². The Morgan fingerprint density at radius 1 is 0.850 bits per heavy atom. The molecule has 2 nitrogen and oxygen atoms in total. The van der Waals surface area contributed by atoms with E-state index in [4.69, 9.17) is 9.47 Å². The van der Waals surface area contributed by atoms with Gasteiger partial charge in [0.25, 0.3) is 0 Å². The van der Waals surface area contributed by atoms with E-state index in [1.807, 2.05) is 0 Å². The molecular formula is C15H13F3O2. The van der Waals surface area contributed by atoms with Crippen molar-refractivity contribution in [3.8, 4) is 22.6 Å². The summed E-state index contributed by atoms with van der Waals surface area (Å²) in [5.74, 6) is 0.882. The number of alkyl halides is 3. The molecule has 20 heavy (non-hydrogen) atoms. The summed E-state index contributed by atoms with van der Waals surface area (Å²) in [5, 5.41) is 0. The third-order valence-corrected chi connectivity index (χ3v) is 2.89. The van der Waals surface area contributed by atoms with Crippen LogP contribution in [0.15, 0.2) is 42.5 Å². The Labute approximate surface area is 114 Å². The molecule has 0 aromatic heterocycles. The van der Waals surface area contributed by atoms with Gasteiger partial charge in [-0.15, -0.1) is 0 Å². The van der Waals surface area contributed by atoms with Crippen molar-refractivity contribution in [3.63, 3.8) is 0 Å². The highest BCUT2D eigenvalue weighted by Gasteiger charge is 2.33. The molecular weight excluding hydrogens is 269 g/mol. The van der Waals surface area contributed by atoms with Gasteiger partial charge in [-0.25, -0.2) is 0 Å². The Bertz CT molecular complexity index is 584. The molecule has 0 aliphatic carbocycles. The van der Waals surface area contributed by atoms with Crippen LogP contribution in [0.25, 0.3) is 11.1 Å². The number of benzene rings is 2. The number of halogens is 3. The van der Waals surface area contributed by atoms with E-state index in [1.165, 1.54) is 26.4 Å². The number of hydrogen-bond donors (Lipinski definition) is 0. The third-order valence-electron chi connectivity index (χ3n) is 2.89. The van der Waals surface area contributed by atoms with Crippen molar-refractivity contribution in [2.24, 2.45) is 0 Å². The Morgan fingerprint density at radius 2 is 1.40 bits per heavy atom. The van der Waals surface area contributed by atoms with Crippen molar-refractivity contribution in [3.05, 3.63) is 48.0 Å². The first-order valence-electron chi connectivity index (χ1n) is 5.85. The Morgan fingerprint density at radius 3 is 1.90 bits per heavy atom. The summed E-state index contributed by atoms with van der Waals surface area (Å²) in [5.41, 5.74) is -0.193. The van der Waals surface area contributed by atoms with Crippen molar-refractivity contribution in [2.45, 2.75) is 6.18 Å².